The monoisotopic (exact) mass is 349 g/mol. The van der Waals surface area contributed by atoms with Crippen LogP contribution in [0.15, 0.2) is 36.5 Å². The summed E-state index contributed by atoms with van der Waals surface area (Å²) in [6.45, 7) is 1.70. The van der Waals surface area contributed by atoms with Crippen molar-refractivity contribution < 1.29 is 18.3 Å². The Hall–Kier alpha value is -2.19. The molecule has 1 aliphatic rings. The van der Waals surface area contributed by atoms with Gasteiger partial charge in [-0.25, -0.2) is 8.42 Å². The lowest BCUT2D eigenvalue weighted by Gasteiger charge is -2.15. The van der Waals surface area contributed by atoms with Crippen LogP contribution in [0.5, 0.6) is 0 Å². The number of aliphatic carboxylic acids is 1. The summed E-state index contributed by atoms with van der Waals surface area (Å²) in [6.07, 6.45) is 1.88. The van der Waals surface area contributed by atoms with Crippen molar-refractivity contribution >= 4 is 16.0 Å². The van der Waals surface area contributed by atoms with Crippen LogP contribution in [0.1, 0.15) is 35.2 Å². The number of rotatable bonds is 6. The minimum absolute atomic E-state index is 0.0897. The number of hydrogen-bond acceptors (Lipinski definition) is 4. The molecule has 0 radical (unpaired) electrons. The van der Waals surface area contributed by atoms with Crippen molar-refractivity contribution in [3.63, 3.8) is 0 Å². The summed E-state index contributed by atoms with van der Waals surface area (Å²) in [7, 11) is -2.07. The lowest BCUT2D eigenvalue weighted by atomic mass is 10.1. The highest BCUT2D eigenvalue weighted by molar-refractivity contribution is 7.90. The van der Waals surface area contributed by atoms with Crippen LogP contribution < -0.4 is 4.72 Å². The van der Waals surface area contributed by atoms with E-state index in [-0.39, 0.29) is 5.92 Å². The largest absolute Gasteiger partial charge is 0.480 e. The van der Waals surface area contributed by atoms with Gasteiger partial charge in [0.05, 0.1) is 11.4 Å². The molecule has 3 rings (SSSR count). The number of aromatic nitrogens is 2. The standard InChI is InChI=1S/C16H19N3O4S/c1-10-13(9-17-19(10)2)15(16(20)21)18-24(22,23)14-8-12(14)11-6-4-3-5-7-11/h3-7,9,12,14-15,18H,8H2,1-2H3,(H,20,21)/t12-,14+,15?/m0/s1. The fourth-order valence-corrected chi connectivity index (χ4v) is 4.64. The van der Waals surface area contributed by atoms with E-state index in [9.17, 15) is 18.3 Å². The second kappa shape index (κ2) is 6.03. The van der Waals surface area contributed by atoms with Crippen molar-refractivity contribution in [1.29, 1.82) is 0 Å². The molecular weight excluding hydrogens is 330 g/mol. The van der Waals surface area contributed by atoms with E-state index in [2.05, 4.69) is 9.82 Å². The Morgan fingerprint density at radius 2 is 2.04 bits per heavy atom. The van der Waals surface area contributed by atoms with Crippen LogP contribution in [0.25, 0.3) is 0 Å². The second-order valence-electron chi connectivity index (χ2n) is 6.03. The minimum atomic E-state index is -3.75. The molecule has 1 fully saturated rings. The van der Waals surface area contributed by atoms with E-state index in [4.69, 9.17) is 0 Å². The lowest BCUT2D eigenvalue weighted by molar-refractivity contribution is -0.139. The second-order valence-corrected chi connectivity index (χ2v) is 7.97. The van der Waals surface area contributed by atoms with Gasteiger partial charge in [0.1, 0.15) is 6.04 Å². The SMILES string of the molecule is Cc1c(C(NS(=O)(=O)[C@@H]2C[C@H]2c2ccccc2)C(=O)O)cnn1C. The third-order valence-corrected chi connectivity index (χ3v) is 6.35. The van der Waals surface area contributed by atoms with Gasteiger partial charge in [0.2, 0.25) is 10.0 Å². The molecule has 0 bridgehead atoms. The molecule has 0 amide bonds. The summed E-state index contributed by atoms with van der Waals surface area (Å²) in [5, 5.41) is 12.8. The Morgan fingerprint density at radius 3 is 2.58 bits per heavy atom. The molecule has 1 aromatic heterocycles. The lowest BCUT2D eigenvalue weighted by Crippen LogP contribution is -2.36. The van der Waals surface area contributed by atoms with E-state index in [0.29, 0.717) is 17.7 Å². The first kappa shape index (κ1) is 16.7. The number of carboxylic acids is 1. The number of aryl methyl sites for hydroxylation is 1. The maximum Gasteiger partial charge on any atom is 0.326 e. The molecule has 1 heterocycles. The van der Waals surface area contributed by atoms with Crippen molar-refractivity contribution in [2.24, 2.45) is 7.05 Å². The van der Waals surface area contributed by atoms with E-state index >= 15 is 0 Å². The van der Waals surface area contributed by atoms with Crippen LogP contribution in [0.2, 0.25) is 0 Å². The molecule has 1 aliphatic carbocycles. The van der Waals surface area contributed by atoms with Crippen molar-refractivity contribution in [2.45, 2.75) is 30.6 Å². The zero-order chi connectivity index (χ0) is 17.5. The van der Waals surface area contributed by atoms with Gasteiger partial charge in [0.25, 0.3) is 0 Å². The molecule has 3 atom stereocenters. The average Bonchev–Trinajstić information content (AvgIpc) is 3.29. The van der Waals surface area contributed by atoms with Gasteiger partial charge in [0.15, 0.2) is 0 Å². The molecular formula is C16H19N3O4S. The number of nitrogens with zero attached hydrogens (tertiary/aromatic N) is 2. The topological polar surface area (TPSA) is 101 Å². The highest BCUT2D eigenvalue weighted by Crippen LogP contribution is 2.45. The van der Waals surface area contributed by atoms with Gasteiger partial charge in [-0.3, -0.25) is 9.48 Å². The molecule has 0 aliphatic heterocycles. The average molecular weight is 349 g/mol. The number of carbonyl (C=O) groups is 1. The van der Waals surface area contributed by atoms with Gasteiger partial charge in [0, 0.05) is 24.2 Å². The quantitative estimate of drug-likeness (QED) is 0.819. The Morgan fingerprint density at radius 1 is 1.38 bits per heavy atom. The molecule has 128 valence electrons. The number of nitrogens with one attached hydrogen (secondary N) is 1. The first-order valence-corrected chi connectivity index (χ1v) is 9.13. The smallest absolute Gasteiger partial charge is 0.326 e. The first-order chi connectivity index (χ1) is 11.3. The molecule has 8 heteroatoms. The fraction of sp³-hybridized carbons (Fsp3) is 0.375. The molecule has 7 nitrogen and oxygen atoms in total. The van der Waals surface area contributed by atoms with E-state index in [1.54, 1.807) is 14.0 Å². The first-order valence-electron chi connectivity index (χ1n) is 7.58. The predicted molar refractivity (Wildman–Crippen MR) is 88.0 cm³/mol. The van der Waals surface area contributed by atoms with Gasteiger partial charge < -0.3 is 5.11 Å². The van der Waals surface area contributed by atoms with Crippen LogP contribution >= 0.6 is 0 Å². The molecule has 0 saturated heterocycles. The number of carboxylic acid groups (broad SMARTS) is 1. The van der Waals surface area contributed by atoms with Gasteiger partial charge in [-0.15, -0.1) is 0 Å². The Balaban J connectivity index is 1.80. The van der Waals surface area contributed by atoms with Crippen molar-refractivity contribution in [1.82, 2.24) is 14.5 Å². The maximum absolute atomic E-state index is 12.6. The maximum atomic E-state index is 12.6. The molecule has 1 saturated carbocycles. The van der Waals surface area contributed by atoms with E-state index < -0.39 is 27.3 Å². The Labute approximate surface area is 140 Å². The molecule has 2 N–H and O–H groups in total. The van der Waals surface area contributed by atoms with E-state index in [1.807, 2.05) is 30.3 Å². The minimum Gasteiger partial charge on any atom is -0.480 e. The molecule has 1 aromatic carbocycles. The van der Waals surface area contributed by atoms with Crippen LogP contribution in [0.3, 0.4) is 0 Å². The zero-order valence-corrected chi connectivity index (χ0v) is 14.2. The van der Waals surface area contributed by atoms with E-state index in [0.717, 1.165) is 5.56 Å². The molecule has 0 spiro atoms. The number of sulfonamides is 1. The predicted octanol–water partition coefficient (Wildman–Crippen LogP) is 1.33. The zero-order valence-electron chi connectivity index (χ0n) is 13.4. The number of benzene rings is 1. The van der Waals surface area contributed by atoms with Crippen molar-refractivity contribution in [3.8, 4) is 0 Å². The molecule has 24 heavy (non-hydrogen) atoms. The van der Waals surface area contributed by atoms with Crippen molar-refractivity contribution in [2.75, 3.05) is 0 Å². The van der Waals surface area contributed by atoms with Gasteiger partial charge >= 0.3 is 5.97 Å². The summed E-state index contributed by atoms with van der Waals surface area (Å²) < 4.78 is 29.0. The van der Waals surface area contributed by atoms with Gasteiger partial charge in [-0.1, -0.05) is 30.3 Å². The third kappa shape index (κ3) is 3.07. The molecule has 2 aromatic rings. The highest BCUT2D eigenvalue weighted by Gasteiger charge is 2.49. The third-order valence-electron chi connectivity index (χ3n) is 4.47. The Bertz CT molecular complexity index is 861. The van der Waals surface area contributed by atoms with Gasteiger partial charge in [-0.2, -0.15) is 9.82 Å². The van der Waals surface area contributed by atoms with Crippen LogP contribution in [0, 0.1) is 6.92 Å². The fourth-order valence-electron chi connectivity index (χ4n) is 2.86. The normalized spacial score (nSPS) is 21.4. The highest BCUT2D eigenvalue weighted by atomic mass is 32.2. The van der Waals surface area contributed by atoms with Crippen LogP contribution in [-0.2, 0) is 21.9 Å². The van der Waals surface area contributed by atoms with Gasteiger partial charge in [-0.05, 0) is 18.9 Å². The van der Waals surface area contributed by atoms with Crippen molar-refractivity contribution in [3.05, 3.63) is 53.3 Å². The summed E-state index contributed by atoms with van der Waals surface area (Å²) in [5.74, 6) is -1.33. The number of hydrogen-bond donors (Lipinski definition) is 2. The van der Waals surface area contributed by atoms with E-state index in [1.165, 1.54) is 10.9 Å². The Kier molecular flexibility index (Phi) is 4.18. The summed E-state index contributed by atoms with van der Waals surface area (Å²) >= 11 is 0. The molecule has 1 unspecified atom stereocenters. The summed E-state index contributed by atoms with van der Waals surface area (Å²) in [4.78, 5) is 11.6. The van der Waals surface area contributed by atoms with Crippen LogP contribution in [0.4, 0.5) is 0 Å². The summed E-state index contributed by atoms with van der Waals surface area (Å²) in [6, 6.07) is 8.05. The van der Waals surface area contributed by atoms with Crippen LogP contribution in [-0.4, -0.2) is 34.5 Å². The summed E-state index contributed by atoms with van der Waals surface area (Å²) in [5.41, 5.74) is 1.92.